The Morgan fingerprint density at radius 3 is 2.44 bits per heavy atom. The molecule has 2 amide bonds. The van der Waals surface area contributed by atoms with Gasteiger partial charge in [-0.25, -0.2) is 21.8 Å². The Hall–Kier alpha value is -2.27. The van der Waals surface area contributed by atoms with E-state index in [4.69, 9.17) is 0 Å². The first-order valence-corrected chi connectivity index (χ1v) is 12.0. The fourth-order valence-electron chi connectivity index (χ4n) is 2.98. The third-order valence-corrected chi connectivity index (χ3v) is 7.30. The highest BCUT2D eigenvalue weighted by Gasteiger charge is 2.37. The van der Waals surface area contributed by atoms with Crippen LogP contribution in [0.4, 0.5) is 5.69 Å². The second kappa shape index (κ2) is 7.04. The van der Waals surface area contributed by atoms with Crippen LogP contribution in [0.2, 0.25) is 0 Å². The van der Waals surface area contributed by atoms with Crippen LogP contribution in [0.15, 0.2) is 34.3 Å². The summed E-state index contributed by atoms with van der Waals surface area (Å²) in [6.07, 6.45) is 1.63. The Bertz CT molecular complexity index is 1010. The Labute approximate surface area is 157 Å². The summed E-state index contributed by atoms with van der Waals surface area (Å²) in [6.45, 7) is 0. The molecule has 1 N–H and O–H groups in total. The fraction of sp³-hybridized carbons (Fsp3) is 0.438. The maximum absolute atomic E-state index is 12.4. The number of amides is 2. The van der Waals surface area contributed by atoms with Crippen LogP contribution in [0, 0.1) is 0 Å². The molecule has 2 heterocycles. The van der Waals surface area contributed by atoms with Gasteiger partial charge >= 0.3 is 0 Å². The molecule has 0 saturated carbocycles. The molecule has 2 aliphatic rings. The van der Waals surface area contributed by atoms with E-state index < -0.39 is 31.6 Å². The monoisotopic (exact) mass is 413 g/mol. The number of nitrogens with one attached hydrogen (secondary N) is 1. The summed E-state index contributed by atoms with van der Waals surface area (Å²) in [6, 6.07) is 5.15. The number of rotatable bonds is 4. The maximum Gasteiger partial charge on any atom is 0.271 e. The van der Waals surface area contributed by atoms with Crippen molar-refractivity contribution in [1.82, 2.24) is 5.01 Å². The van der Waals surface area contributed by atoms with Gasteiger partial charge < -0.3 is 5.32 Å². The van der Waals surface area contributed by atoms with Crippen molar-refractivity contribution in [2.45, 2.75) is 30.2 Å². The average molecular weight is 413 g/mol. The second-order valence-corrected chi connectivity index (χ2v) is 10.8. The molecule has 11 heteroatoms. The van der Waals surface area contributed by atoms with Gasteiger partial charge in [0.15, 0.2) is 19.7 Å². The van der Waals surface area contributed by atoms with E-state index in [0.717, 1.165) is 11.3 Å². The Kier molecular flexibility index (Phi) is 5.08. The van der Waals surface area contributed by atoms with Crippen molar-refractivity contribution < 1.29 is 26.4 Å². The van der Waals surface area contributed by atoms with Crippen LogP contribution in [0.25, 0.3) is 0 Å². The molecule has 1 aromatic carbocycles. The molecule has 0 aliphatic carbocycles. The molecular weight excluding hydrogens is 394 g/mol. The van der Waals surface area contributed by atoms with E-state index in [9.17, 15) is 26.4 Å². The summed E-state index contributed by atoms with van der Waals surface area (Å²) in [5, 5.41) is 7.82. The van der Waals surface area contributed by atoms with Crippen LogP contribution in [-0.2, 0) is 29.3 Å². The quantitative estimate of drug-likeness (QED) is 0.750. The zero-order chi connectivity index (χ0) is 19.8. The van der Waals surface area contributed by atoms with Crippen molar-refractivity contribution in [3.05, 3.63) is 24.3 Å². The van der Waals surface area contributed by atoms with Gasteiger partial charge in [0.2, 0.25) is 5.91 Å². The lowest BCUT2D eigenvalue weighted by atomic mass is 10.1. The molecule has 9 nitrogen and oxygen atoms in total. The number of hydrogen-bond donors (Lipinski definition) is 1. The molecule has 1 fully saturated rings. The molecule has 0 unspecified atom stereocenters. The van der Waals surface area contributed by atoms with Gasteiger partial charge in [0.05, 0.1) is 22.4 Å². The summed E-state index contributed by atoms with van der Waals surface area (Å²) >= 11 is 0. The van der Waals surface area contributed by atoms with Crippen LogP contribution >= 0.6 is 0 Å². The van der Waals surface area contributed by atoms with Crippen molar-refractivity contribution in [3.63, 3.8) is 0 Å². The number of hydrazone groups is 1. The van der Waals surface area contributed by atoms with E-state index in [1.165, 1.54) is 24.3 Å². The minimum absolute atomic E-state index is 0.00514. The first kappa shape index (κ1) is 19.5. The standard InChI is InChI=1S/C16H19N3O6S2/c1-26(22,23)13-4-2-11(3-5-13)17-16(21)14-6-7-15(20)19(18-14)12-8-9-27(24,25)10-12/h2-5,12H,6-10H2,1H3,(H,17,21)/t12-/m0/s1. The number of sulfone groups is 2. The topological polar surface area (TPSA) is 130 Å². The number of benzene rings is 1. The molecule has 0 aromatic heterocycles. The molecule has 3 rings (SSSR count). The van der Waals surface area contributed by atoms with Crippen molar-refractivity contribution in [3.8, 4) is 0 Å². The highest BCUT2D eigenvalue weighted by Crippen LogP contribution is 2.22. The van der Waals surface area contributed by atoms with Gasteiger partial charge in [-0.3, -0.25) is 9.59 Å². The molecule has 0 radical (unpaired) electrons. The molecule has 0 spiro atoms. The summed E-state index contributed by atoms with van der Waals surface area (Å²) < 4.78 is 46.2. The highest BCUT2D eigenvalue weighted by molar-refractivity contribution is 7.91. The lowest BCUT2D eigenvalue weighted by molar-refractivity contribution is -0.133. The van der Waals surface area contributed by atoms with Crippen LogP contribution in [-0.4, -0.2) is 63.2 Å². The van der Waals surface area contributed by atoms with Crippen molar-refractivity contribution in [2.75, 3.05) is 23.1 Å². The van der Waals surface area contributed by atoms with E-state index in [-0.39, 0.29) is 40.9 Å². The predicted octanol–water partition coefficient (Wildman–Crippen LogP) is 0.194. The Morgan fingerprint density at radius 1 is 1.22 bits per heavy atom. The predicted molar refractivity (Wildman–Crippen MR) is 98.8 cm³/mol. The largest absolute Gasteiger partial charge is 0.321 e. The van der Waals surface area contributed by atoms with E-state index in [1.807, 2.05) is 0 Å². The molecular formula is C16H19N3O6S2. The van der Waals surface area contributed by atoms with E-state index in [2.05, 4.69) is 10.4 Å². The summed E-state index contributed by atoms with van der Waals surface area (Å²) in [5.74, 6) is -0.957. The first-order valence-electron chi connectivity index (χ1n) is 8.27. The second-order valence-electron chi connectivity index (χ2n) is 6.59. The zero-order valence-electron chi connectivity index (χ0n) is 14.6. The summed E-state index contributed by atoms with van der Waals surface area (Å²) in [5.41, 5.74) is 0.521. The van der Waals surface area contributed by atoms with E-state index in [0.29, 0.717) is 12.1 Å². The lowest BCUT2D eigenvalue weighted by Gasteiger charge is -2.27. The van der Waals surface area contributed by atoms with E-state index in [1.54, 1.807) is 0 Å². The molecule has 1 atom stereocenters. The number of carbonyl (C=O) groups excluding carboxylic acids is 2. The average Bonchev–Trinajstić information content (AvgIpc) is 2.94. The molecule has 1 saturated heterocycles. The van der Waals surface area contributed by atoms with Gasteiger partial charge in [-0.15, -0.1) is 0 Å². The highest BCUT2D eigenvalue weighted by atomic mass is 32.2. The summed E-state index contributed by atoms with van der Waals surface area (Å²) in [4.78, 5) is 24.6. The summed E-state index contributed by atoms with van der Waals surface area (Å²) in [7, 11) is -6.51. The van der Waals surface area contributed by atoms with Gasteiger partial charge in [-0.2, -0.15) is 5.10 Å². The third-order valence-electron chi connectivity index (χ3n) is 4.42. The number of hydrogen-bond acceptors (Lipinski definition) is 7. The number of carbonyl (C=O) groups is 2. The van der Waals surface area contributed by atoms with Crippen LogP contribution in [0.5, 0.6) is 0 Å². The Morgan fingerprint density at radius 2 is 1.89 bits per heavy atom. The fourth-order valence-corrected chi connectivity index (χ4v) is 5.30. The van der Waals surface area contributed by atoms with Crippen molar-refractivity contribution >= 4 is 42.9 Å². The van der Waals surface area contributed by atoms with Gasteiger partial charge in [0.25, 0.3) is 5.91 Å². The van der Waals surface area contributed by atoms with E-state index >= 15 is 0 Å². The zero-order valence-corrected chi connectivity index (χ0v) is 16.2. The normalized spacial score (nSPS) is 22.4. The third kappa shape index (κ3) is 4.53. The lowest BCUT2D eigenvalue weighted by Crippen LogP contribution is -2.42. The van der Waals surface area contributed by atoms with Crippen LogP contribution < -0.4 is 5.32 Å². The van der Waals surface area contributed by atoms with Gasteiger partial charge in [-0.05, 0) is 30.7 Å². The minimum Gasteiger partial charge on any atom is -0.321 e. The van der Waals surface area contributed by atoms with Gasteiger partial charge in [-0.1, -0.05) is 0 Å². The first-order chi connectivity index (χ1) is 12.5. The minimum atomic E-state index is -3.33. The van der Waals surface area contributed by atoms with Crippen LogP contribution in [0.3, 0.4) is 0 Å². The van der Waals surface area contributed by atoms with Crippen molar-refractivity contribution in [1.29, 1.82) is 0 Å². The van der Waals surface area contributed by atoms with Crippen molar-refractivity contribution in [2.24, 2.45) is 5.10 Å². The van der Waals surface area contributed by atoms with Crippen LogP contribution in [0.1, 0.15) is 19.3 Å². The molecule has 27 heavy (non-hydrogen) atoms. The molecule has 2 aliphatic heterocycles. The van der Waals surface area contributed by atoms with Gasteiger partial charge in [0, 0.05) is 24.8 Å². The molecule has 0 bridgehead atoms. The SMILES string of the molecule is CS(=O)(=O)c1ccc(NC(=O)C2=NN([C@H]3CCS(=O)(=O)C3)C(=O)CC2)cc1. The maximum atomic E-state index is 12.4. The Balaban J connectivity index is 1.74. The molecule has 1 aromatic rings. The van der Waals surface area contributed by atoms with Gasteiger partial charge in [0.1, 0.15) is 5.71 Å². The smallest absolute Gasteiger partial charge is 0.271 e. The number of nitrogens with zero attached hydrogens (tertiary/aromatic N) is 2. The molecule has 146 valence electrons. The number of anilines is 1.